The third-order valence-electron chi connectivity index (χ3n) is 4.33. The van der Waals surface area contributed by atoms with Gasteiger partial charge in [0.25, 0.3) is 0 Å². The second-order valence-corrected chi connectivity index (χ2v) is 8.92. The number of nitrogens with one attached hydrogen (secondary N) is 1. The summed E-state index contributed by atoms with van der Waals surface area (Å²) < 4.78 is 47.7. The van der Waals surface area contributed by atoms with Gasteiger partial charge in [0.15, 0.2) is 9.84 Å². The van der Waals surface area contributed by atoms with E-state index in [9.17, 15) is 31.9 Å². The summed E-state index contributed by atoms with van der Waals surface area (Å²) in [5.41, 5.74) is 0. The number of alkyl halides is 2. The van der Waals surface area contributed by atoms with Crippen LogP contribution in [0.3, 0.4) is 0 Å². The molecule has 2 rings (SSSR count). The van der Waals surface area contributed by atoms with Crippen LogP contribution in [0.15, 0.2) is 0 Å². The maximum absolute atomic E-state index is 12.7. The maximum atomic E-state index is 12.7. The van der Waals surface area contributed by atoms with E-state index in [0.29, 0.717) is 6.42 Å². The summed E-state index contributed by atoms with van der Waals surface area (Å²) in [6.45, 7) is -0.0170. The standard InChI is InChI=1S/C14H22F2N2O5S/c1-24(22,23)8-13(21)18-6-10(11(19)7-18)17-12(20)3-2-9-4-14(15,16)5-9/h9-11,19H,2-8H2,1H3,(H,17,20)/t10-,11-/m1/s1. The Bertz CT molecular complexity index is 602. The van der Waals surface area contributed by atoms with Crippen LogP contribution < -0.4 is 5.32 Å². The molecule has 2 fully saturated rings. The highest BCUT2D eigenvalue weighted by Gasteiger charge is 2.45. The molecule has 0 unspecified atom stereocenters. The van der Waals surface area contributed by atoms with Gasteiger partial charge in [-0.1, -0.05) is 0 Å². The Labute approximate surface area is 139 Å². The van der Waals surface area contributed by atoms with Crippen LogP contribution in [0.5, 0.6) is 0 Å². The van der Waals surface area contributed by atoms with Gasteiger partial charge >= 0.3 is 0 Å². The number of hydrogen-bond donors (Lipinski definition) is 2. The Hall–Kier alpha value is -1.29. The van der Waals surface area contributed by atoms with Crippen molar-refractivity contribution in [3.05, 3.63) is 0 Å². The van der Waals surface area contributed by atoms with Crippen LogP contribution in [-0.4, -0.2) is 73.4 Å². The highest BCUT2D eigenvalue weighted by Crippen LogP contribution is 2.44. The van der Waals surface area contributed by atoms with E-state index in [1.165, 1.54) is 4.90 Å². The lowest BCUT2D eigenvalue weighted by Gasteiger charge is -2.34. The zero-order valence-corrected chi connectivity index (χ0v) is 14.2. The van der Waals surface area contributed by atoms with E-state index in [2.05, 4.69) is 5.32 Å². The molecule has 2 N–H and O–H groups in total. The molecule has 1 saturated carbocycles. The number of sulfone groups is 1. The molecule has 1 aliphatic carbocycles. The van der Waals surface area contributed by atoms with Gasteiger partial charge in [0.2, 0.25) is 17.7 Å². The molecule has 1 saturated heterocycles. The quantitative estimate of drug-likeness (QED) is 0.661. The minimum Gasteiger partial charge on any atom is -0.389 e. The average Bonchev–Trinajstić information content (AvgIpc) is 2.73. The van der Waals surface area contributed by atoms with Gasteiger partial charge in [-0.25, -0.2) is 17.2 Å². The van der Waals surface area contributed by atoms with Crippen LogP contribution >= 0.6 is 0 Å². The van der Waals surface area contributed by atoms with Gasteiger partial charge in [0, 0.05) is 38.6 Å². The molecule has 0 bridgehead atoms. The van der Waals surface area contributed by atoms with Crippen molar-refractivity contribution in [3.8, 4) is 0 Å². The lowest BCUT2D eigenvalue weighted by Crippen LogP contribution is -2.43. The van der Waals surface area contributed by atoms with Crippen molar-refractivity contribution in [2.24, 2.45) is 5.92 Å². The number of likely N-dealkylation sites (tertiary alicyclic amines) is 1. The number of nitrogens with zero attached hydrogens (tertiary/aromatic N) is 1. The van der Waals surface area contributed by atoms with Gasteiger partial charge in [0.1, 0.15) is 5.75 Å². The molecule has 0 aromatic carbocycles. The molecule has 138 valence electrons. The van der Waals surface area contributed by atoms with Crippen molar-refractivity contribution in [3.63, 3.8) is 0 Å². The molecule has 1 heterocycles. The summed E-state index contributed by atoms with van der Waals surface area (Å²) in [5.74, 6) is -4.40. The van der Waals surface area contributed by atoms with Crippen LogP contribution in [-0.2, 0) is 19.4 Å². The zero-order chi connectivity index (χ0) is 18.1. The van der Waals surface area contributed by atoms with Gasteiger partial charge in [0.05, 0.1) is 12.1 Å². The van der Waals surface area contributed by atoms with E-state index in [-0.39, 0.29) is 44.2 Å². The summed E-state index contributed by atoms with van der Waals surface area (Å²) in [4.78, 5) is 24.9. The summed E-state index contributed by atoms with van der Waals surface area (Å²) in [5, 5.41) is 12.5. The first-order chi connectivity index (χ1) is 11.0. The molecular formula is C14H22F2N2O5S. The van der Waals surface area contributed by atoms with Crippen LogP contribution in [0.4, 0.5) is 8.78 Å². The number of aliphatic hydroxyl groups is 1. The van der Waals surface area contributed by atoms with Crippen molar-refractivity contribution in [1.82, 2.24) is 10.2 Å². The Morgan fingerprint density at radius 1 is 1.29 bits per heavy atom. The Morgan fingerprint density at radius 2 is 1.92 bits per heavy atom. The number of β-amino-alcohol motifs (C(OH)–C–C–N with tert-alkyl or cyclic N) is 1. The maximum Gasteiger partial charge on any atom is 0.248 e. The van der Waals surface area contributed by atoms with Crippen LogP contribution in [0, 0.1) is 5.92 Å². The molecule has 7 nitrogen and oxygen atoms in total. The van der Waals surface area contributed by atoms with Gasteiger partial charge in [-0.15, -0.1) is 0 Å². The summed E-state index contributed by atoms with van der Waals surface area (Å²) >= 11 is 0. The van der Waals surface area contributed by atoms with Gasteiger partial charge in [-0.2, -0.15) is 0 Å². The van der Waals surface area contributed by atoms with Gasteiger partial charge < -0.3 is 15.3 Å². The lowest BCUT2D eigenvalue weighted by molar-refractivity contribution is -0.128. The summed E-state index contributed by atoms with van der Waals surface area (Å²) in [7, 11) is -3.46. The molecule has 10 heteroatoms. The molecule has 0 radical (unpaired) electrons. The fourth-order valence-corrected chi connectivity index (χ4v) is 3.68. The number of halogens is 2. The first-order valence-corrected chi connectivity index (χ1v) is 9.82. The molecule has 2 amide bonds. The highest BCUT2D eigenvalue weighted by molar-refractivity contribution is 7.91. The Morgan fingerprint density at radius 3 is 2.46 bits per heavy atom. The van der Waals surface area contributed by atoms with Crippen molar-refractivity contribution < 1.29 is 31.9 Å². The van der Waals surface area contributed by atoms with E-state index >= 15 is 0 Å². The largest absolute Gasteiger partial charge is 0.389 e. The van der Waals surface area contributed by atoms with Gasteiger partial charge in [-0.05, 0) is 12.3 Å². The smallest absolute Gasteiger partial charge is 0.248 e. The van der Waals surface area contributed by atoms with E-state index < -0.39 is 39.6 Å². The molecule has 2 aliphatic rings. The predicted molar refractivity (Wildman–Crippen MR) is 81.1 cm³/mol. The SMILES string of the molecule is CS(=O)(=O)CC(=O)N1C[C@@H](O)[C@H](NC(=O)CCC2CC(F)(F)C2)C1. The lowest BCUT2D eigenvalue weighted by atomic mass is 9.78. The second-order valence-electron chi connectivity index (χ2n) is 6.78. The number of aliphatic hydroxyl groups excluding tert-OH is 1. The van der Waals surface area contributed by atoms with Crippen molar-refractivity contribution in [2.75, 3.05) is 25.1 Å². The predicted octanol–water partition coefficient (Wildman–Crippen LogP) is -0.456. The molecule has 0 aromatic rings. The van der Waals surface area contributed by atoms with E-state index in [0.717, 1.165) is 6.26 Å². The molecule has 2 atom stereocenters. The first-order valence-electron chi connectivity index (χ1n) is 7.76. The number of carbonyl (C=O) groups is 2. The molecular weight excluding hydrogens is 346 g/mol. The van der Waals surface area contributed by atoms with Gasteiger partial charge in [-0.3, -0.25) is 9.59 Å². The Kier molecular flexibility index (Phi) is 5.48. The van der Waals surface area contributed by atoms with E-state index in [1.807, 2.05) is 0 Å². The highest BCUT2D eigenvalue weighted by atomic mass is 32.2. The molecule has 24 heavy (non-hydrogen) atoms. The van der Waals surface area contributed by atoms with E-state index in [4.69, 9.17) is 0 Å². The van der Waals surface area contributed by atoms with Crippen LogP contribution in [0.25, 0.3) is 0 Å². The third-order valence-corrected chi connectivity index (χ3v) is 5.10. The molecule has 0 spiro atoms. The normalized spacial score (nSPS) is 26.9. The number of amides is 2. The van der Waals surface area contributed by atoms with Crippen molar-refractivity contribution >= 4 is 21.7 Å². The van der Waals surface area contributed by atoms with Crippen LogP contribution in [0.2, 0.25) is 0 Å². The second kappa shape index (κ2) is 6.91. The minimum atomic E-state index is -3.46. The van der Waals surface area contributed by atoms with Crippen molar-refractivity contribution in [1.29, 1.82) is 0 Å². The number of carbonyl (C=O) groups excluding carboxylic acids is 2. The fraction of sp³-hybridized carbons (Fsp3) is 0.857. The minimum absolute atomic E-state index is 0.0305. The topological polar surface area (TPSA) is 104 Å². The first kappa shape index (κ1) is 19.0. The van der Waals surface area contributed by atoms with Crippen molar-refractivity contribution in [2.45, 2.75) is 43.8 Å². The summed E-state index contributed by atoms with van der Waals surface area (Å²) in [6, 6.07) is -0.677. The number of rotatable bonds is 6. The molecule has 0 aromatic heterocycles. The van der Waals surface area contributed by atoms with E-state index in [1.54, 1.807) is 0 Å². The average molecular weight is 368 g/mol. The summed E-state index contributed by atoms with van der Waals surface area (Å²) in [6.07, 6.45) is 0.0220. The zero-order valence-electron chi connectivity index (χ0n) is 13.4. The number of hydrogen-bond acceptors (Lipinski definition) is 5. The Balaban J connectivity index is 1.74. The van der Waals surface area contributed by atoms with Crippen LogP contribution in [0.1, 0.15) is 25.7 Å². The third kappa shape index (κ3) is 5.37. The monoisotopic (exact) mass is 368 g/mol. The fourth-order valence-electron chi connectivity index (χ4n) is 3.05. The molecule has 1 aliphatic heterocycles.